The minimum absolute atomic E-state index is 0. The molecule has 586 valence electrons. The fraction of sp³-hybridized carbons (Fsp3) is 0.255. The molecule has 1 aliphatic rings. The van der Waals surface area contributed by atoms with Crippen molar-refractivity contribution in [1.82, 2.24) is 0 Å². The number of para-hydroxylation sites is 9. The summed E-state index contributed by atoms with van der Waals surface area (Å²) in [7, 11) is 0. The van der Waals surface area contributed by atoms with E-state index in [1.165, 1.54) is 84.6 Å². The van der Waals surface area contributed by atoms with Crippen molar-refractivity contribution in [2.45, 2.75) is 150 Å². The van der Waals surface area contributed by atoms with Crippen LogP contribution in [0.15, 0.2) is 300 Å². The van der Waals surface area contributed by atoms with Gasteiger partial charge in [0, 0.05) is 84.4 Å². The number of halogens is 4. The Hall–Kier alpha value is -5.70. The number of ether oxygens (including phenoxy) is 2. The SMILES string of the molecule is C1CCOC1.CC(C)(C)c1cccc2c1oc1c(Cc3ccccc3)cccc12.CC(C)(C)c1cccc2c1oc1cc(Br)ccc12.CC(C)(C)c1cccc2c1oc1ccccc12.CC(C)(C)c1ccccc1O.CC(C)(C)c1ccccc1Oc1ccccc1Br.Fc1ccccc1Br.Nc1ccccc1.O=CO[O-].[Cs+].[Cs+].[H-]. The number of nitrogen functional groups attached to an aromatic ring is 1. The summed E-state index contributed by atoms with van der Waals surface area (Å²) in [5.41, 5.74) is 21.1. The van der Waals surface area contributed by atoms with Crippen LogP contribution in [0.4, 0.5) is 10.1 Å². The van der Waals surface area contributed by atoms with E-state index < -0.39 is 0 Å². The van der Waals surface area contributed by atoms with E-state index in [9.17, 15) is 9.50 Å². The van der Waals surface area contributed by atoms with Gasteiger partial charge in [-0.05, 0) is 161 Å². The van der Waals surface area contributed by atoms with E-state index in [0.29, 0.717) is 10.2 Å². The summed E-state index contributed by atoms with van der Waals surface area (Å²) in [6.07, 6.45) is 3.45. The fourth-order valence-corrected chi connectivity index (χ4v) is 13.4. The number of nitrogens with two attached hydrogens (primary N) is 1. The first-order valence-corrected chi connectivity index (χ1v) is 39.9. The van der Waals surface area contributed by atoms with E-state index in [4.69, 9.17) is 38.5 Å². The first-order chi connectivity index (χ1) is 53.2. The number of rotatable bonds is 5. The zero-order valence-electron chi connectivity index (χ0n) is 69.9. The van der Waals surface area contributed by atoms with Crippen LogP contribution in [0.1, 0.15) is 157 Å². The van der Waals surface area contributed by atoms with Crippen molar-refractivity contribution in [2.24, 2.45) is 0 Å². The maximum absolute atomic E-state index is 12.3. The molecule has 0 spiro atoms. The zero-order valence-corrected chi connectivity index (χ0v) is 86.2. The number of hydrogen-bond donors (Lipinski definition) is 2. The van der Waals surface area contributed by atoms with Crippen LogP contribution >= 0.6 is 47.8 Å². The maximum Gasteiger partial charge on any atom is 1.00 e. The number of phenols is 1. The average Bonchev–Trinajstić information content (AvgIpc) is 1.62. The average molecular weight is 1970 g/mol. The molecule has 0 bridgehead atoms. The molecule has 1 fully saturated rings. The number of fused-ring (bicyclic) bond motifs is 9. The van der Waals surface area contributed by atoms with Crippen LogP contribution in [0, 0.1) is 5.82 Å². The van der Waals surface area contributed by atoms with Gasteiger partial charge < -0.3 is 45.1 Å². The Morgan fingerprint density at radius 2 is 0.807 bits per heavy atom. The molecule has 4 heterocycles. The molecule has 3 N–H and O–H groups in total. The molecule has 0 unspecified atom stereocenters. The molecule has 0 atom stereocenters. The molecule has 0 radical (unpaired) electrons. The topological polar surface area (TPSA) is 153 Å². The molecule has 12 aromatic carbocycles. The summed E-state index contributed by atoms with van der Waals surface area (Å²) in [5.74, 6) is 1.93. The molecule has 15 aromatic rings. The van der Waals surface area contributed by atoms with Gasteiger partial charge >= 0.3 is 138 Å². The van der Waals surface area contributed by atoms with Gasteiger partial charge in [-0.15, -0.1) is 0 Å². The molecular formula is C98H105Br3Cs2FNO9. The van der Waals surface area contributed by atoms with Crippen LogP contribution < -0.4 is 154 Å². The summed E-state index contributed by atoms with van der Waals surface area (Å²) in [6, 6.07) is 90.3. The summed E-state index contributed by atoms with van der Waals surface area (Å²) in [5, 5.41) is 25.1. The minimum atomic E-state index is -0.215. The molecule has 0 saturated carbocycles. The third-order valence-electron chi connectivity index (χ3n) is 18.1. The summed E-state index contributed by atoms with van der Waals surface area (Å²) >= 11 is 10.0. The van der Waals surface area contributed by atoms with Gasteiger partial charge in [0.2, 0.25) is 0 Å². The summed E-state index contributed by atoms with van der Waals surface area (Å²) < 4.78 is 44.2. The standard InChI is InChI=1S/C23H22O.C16H15BrO.C16H17BrO.C16H16O.C10H14O.C6H4BrF.C6H7N.C4H8O.CH2O3.2Cs.H/c1-23(2,3)20-14-8-13-19-18-12-7-11-17(21(18)24-22(19)20)15-16-9-5-4-6-10-16;1-16(2,3)13-6-4-5-12-11-8-7-10(17)9-14(11)18-15(12)13;1-16(2,3)12-8-4-6-10-14(12)18-15-11-7-5-9-13(15)17;1-16(2,3)13-9-6-8-12-11-7-4-5-10-14(11)17-15(12)13;1-10(2,3)8-6-4-5-7-9(8)11;7-5-3-1-2-4-6(5)8;7-6-4-2-1-3-5-6;1-2-4-5-3-1;2-1-4-3;;;/h4-14H,15H2,1-3H3;4-9H,1-3H3;4-11H,1-3H3;4-10H,1-3H3;4-7,11H,1-3H3;1-4H;1-5H,7H2;1-4H2;1,3H;;;/q;;;;;;;;;2*+1;-1/p-1. The molecule has 114 heavy (non-hydrogen) atoms. The number of carbonyl (C=O) groups is 1. The van der Waals surface area contributed by atoms with Crippen molar-refractivity contribution < 1.29 is 186 Å². The van der Waals surface area contributed by atoms with Crippen LogP contribution in [0.5, 0.6) is 17.2 Å². The largest absolute Gasteiger partial charge is 1.00 e. The van der Waals surface area contributed by atoms with Crippen molar-refractivity contribution in [1.29, 1.82) is 0 Å². The number of carbonyl (C=O) groups excluding carboxylic acids is 1. The number of benzene rings is 12. The van der Waals surface area contributed by atoms with Gasteiger partial charge in [0.15, 0.2) is 0 Å². The second-order valence-electron chi connectivity index (χ2n) is 32.1. The summed E-state index contributed by atoms with van der Waals surface area (Å²) in [6.45, 7) is 34.6. The van der Waals surface area contributed by atoms with Gasteiger partial charge in [0.25, 0.3) is 6.47 Å². The van der Waals surface area contributed by atoms with E-state index in [0.717, 1.165) is 84.8 Å². The van der Waals surface area contributed by atoms with Gasteiger partial charge in [-0.2, -0.15) is 0 Å². The Morgan fingerprint density at radius 3 is 1.25 bits per heavy atom. The van der Waals surface area contributed by atoms with Gasteiger partial charge in [0.05, 0.1) is 8.95 Å². The number of hydrogen-bond acceptors (Lipinski definition) is 10. The van der Waals surface area contributed by atoms with Gasteiger partial charge in [-0.3, -0.25) is 4.79 Å². The second kappa shape index (κ2) is 46.0. The Bertz CT molecular complexity index is 5450. The first-order valence-electron chi connectivity index (χ1n) is 37.5. The zero-order chi connectivity index (χ0) is 81.4. The fourth-order valence-electron chi connectivity index (χ4n) is 12.5. The quantitative estimate of drug-likeness (QED) is 0.0737. The van der Waals surface area contributed by atoms with Crippen LogP contribution in [0.25, 0.3) is 65.8 Å². The smallest absolute Gasteiger partial charge is 1.00 e. The number of aromatic hydroxyl groups is 1. The molecule has 10 nitrogen and oxygen atoms in total. The molecule has 16 rings (SSSR count). The van der Waals surface area contributed by atoms with Crippen LogP contribution in [0.2, 0.25) is 0 Å². The van der Waals surface area contributed by atoms with Crippen LogP contribution in [-0.4, -0.2) is 24.8 Å². The van der Waals surface area contributed by atoms with Crippen molar-refractivity contribution >= 4 is 126 Å². The van der Waals surface area contributed by atoms with E-state index in [2.05, 4.69) is 290 Å². The Morgan fingerprint density at radius 1 is 0.421 bits per heavy atom. The van der Waals surface area contributed by atoms with E-state index in [-0.39, 0.29) is 179 Å². The molecule has 16 heteroatoms. The van der Waals surface area contributed by atoms with E-state index >= 15 is 0 Å². The molecule has 0 aliphatic carbocycles. The third-order valence-corrected chi connectivity index (χ3v) is 19.9. The van der Waals surface area contributed by atoms with E-state index in [1.807, 2.05) is 109 Å². The van der Waals surface area contributed by atoms with Gasteiger partial charge in [-0.1, -0.05) is 320 Å². The number of anilines is 1. The van der Waals surface area contributed by atoms with Crippen molar-refractivity contribution in [3.8, 4) is 17.2 Å². The number of phenolic OH excluding ortho intramolecular Hbond substituents is 1. The van der Waals surface area contributed by atoms with Crippen LogP contribution in [-0.2, 0) is 47.9 Å². The van der Waals surface area contributed by atoms with Gasteiger partial charge in [0.1, 0.15) is 56.6 Å². The van der Waals surface area contributed by atoms with E-state index in [1.54, 1.807) is 24.3 Å². The minimum Gasteiger partial charge on any atom is -1.00 e. The molecular weight excluding hydrogens is 1860 g/mol. The second-order valence-corrected chi connectivity index (χ2v) is 34.7. The predicted molar refractivity (Wildman–Crippen MR) is 474 cm³/mol. The third kappa shape index (κ3) is 28.8. The van der Waals surface area contributed by atoms with Crippen molar-refractivity contribution in [2.75, 3.05) is 18.9 Å². The summed E-state index contributed by atoms with van der Waals surface area (Å²) in [4.78, 5) is 11.2. The van der Waals surface area contributed by atoms with Gasteiger partial charge in [-0.25, -0.2) is 4.39 Å². The van der Waals surface area contributed by atoms with Crippen LogP contribution in [0.3, 0.4) is 0 Å². The molecule has 3 aromatic heterocycles. The monoisotopic (exact) mass is 1960 g/mol. The Balaban J connectivity index is 0.000000240. The number of furan rings is 3. The Labute approximate surface area is 817 Å². The first kappa shape index (κ1) is 97.1. The normalized spacial score (nSPS) is 11.7. The molecule has 1 saturated heterocycles. The predicted octanol–water partition coefficient (Wildman–Crippen LogP) is 22.4. The maximum atomic E-state index is 12.3. The van der Waals surface area contributed by atoms with Crippen molar-refractivity contribution in [3.63, 3.8) is 0 Å². The van der Waals surface area contributed by atoms with Crippen molar-refractivity contribution in [3.05, 3.63) is 331 Å². The Kier molecular flexibility index (Phi) is 39.2. The molecule has 0 amide bonds. The molecule has 1 aliphatic heterocycles.